The Bertz CT molecular complexity index is 315. The molecular weight excluding hydrogens is 176 g/mol. The van der Waals surface area contributed by atoms with Crippen molar-refractivity contribution >= 4 is 10.8 Å². The summed E-state index contributed by atoms with van der Waals surface area (Å²) >= 11 is 0. The minimum absolute atomic E-state index is 0.136. The van der Waals surface area contributed by atoms with Crippen LogP contribution in [0.4, 0.5) is 0 Å². The quantitative estimate of drug-likeness (QED) is 0.720. The van der Waals surface area contributed by atoms with Crippen LogP contribution in [0, 0.1) is 0 Å². The number of nitrogens with zero attached hydrogens (tertiary/aromatic N) is 1. The predicted molar refractivity (Wildman–Crippen MR) is 48.6 cm³/mol. The first kappa shape index (κ1) is 9.25. The first-order chi connectivity index (χ1) is 5.74. The van der Waals surface area contributed by atoms with Crippen molar-refractivity contribution < 1.29 is 4.21 Å². The fraction of sp³-hybridized carbons (Fsp3) is 0.571. The molecule has 0 spiro atoms. The van der Waals surface area contributed by atoms with Crippen LogP contribution in [0.25, 0.3) is 0 Å². The van der Waals surface area contributed by atoms with Crippen LogP contribution in [0.3, 0.4) is 0 Å². The highest BCUT2D eigenvalue weighted by Crippen LogP contribution is 1.85. The SMILES string of the molecule is CCS(=O)CCn1cc[nH]c1=O. The highest BCUT2D eigenvalue weighted by Gasteiger charge is 1.98. The second kappa shape index (κ2) is 4.25. The van der Waals surface area contributed by atoms with Crippen LogP contribution in [0.1, 0.15) is 6.92 Å². The molecule has 0 aromatic carbocycles. The van der Waals surface area contributed by atoms with Crippen molar-refractivity contribution in [2.45, 2.75) is 13.5 Å². The minimum atomic E-state index is -0.793. The van der Waals surface area contributed by atoms with Crippen LogP contribution >= 0.6 is 0 Å². The van der Waals surface area contributed by atoms with Crippen molar-refractivity contribution in [3.63, 3.8) is 0 Å². The number of nitrogens with one attached hydrogen (secondary N) is 1. The van der Waals surface area contributed by atoms with Crippen LogP contribution in [0.5, 0.6) is 0 Å². The van der Waals surface area contributed by atoms with Crippen molar-refractivity contribution in [1.82, 2.24) is 9.55 Å². The maximum atomic E-state index is 11.0. The molecule has 68 valence electrons. The molecule has 0 saturated carbocycles. The number of aryl methyl sites for hydroxylation is 1. The summed E-state index contributed by atoms with van der Waals surface area (Å²) in [5.74, 6) is 1.20. The molecule has 0 fully saturated rings. The first-order valence-electron chi connectivity index (χ1n) is 3.83. The van der Waals surface area contributed by atoms with Crippen LogP contribution in [0.2, 0.25) is 0 Å². The summed E-state index contributed by atoms with van der Waals surface area (Å²) in [6.45, 7) is 2.40. The van der Waals surface area contributed by atoms with Crippen molar-refractivity contribution in [3.05, 3.63) is 22.9 Å². The summed E-state index contributed by atoms with van der Waals surface area (Å²) in [6, 6.07) is 0. The largest absolute Gasteiger partial charge is 0.325 e. The van der Waals surface area contributed by atoms with E-state index in [4.69, 9.17) is 0 Å². The second-order valence-electron chi connectivity index (χ2n) is 2.39. The fourth-order valence-corrected chi connectivity index (χ4v) is 1.56. The van der Waals surface area contributed by atoms with Gasteiger partial charge in [-0.25, -0.2) is 4.79 Å². The summed E-state index contributed by atoms with van der Waals surface area (Å²) in [6.07, 6.45) is 3.24. The van der Waals surface area contributed by atoms with E-state index in [0.29, 0.717) is 18.1 Å². The van der Waals surface area contributed by atoms with Crippen LogP contribution in [-0.4, -0.2) is 25.3 Å². The Balaban J connectivity index is 2.49. The van der Waals surface area contributed by atoms with E-state index in [0.717, 1.165) is 0 Å². The van der Waals surface area contributed by atoms with Gasteiger partial charge in [0.1, 0.15) is 0 Å². The van der Waals surface area contributed by atoms with Gasteiger partial charge >= 0.3 is 5.69 Å². The molecule has 1 aromatic rings. The van der Waals surface area contributed by atoms with E-state index >= 15 is 0 Å². The number of aromatic nitrogens is 2. The molecule has 1 rings (SSSR count). The van der Waals surface area contributed by atoms with E-state index in [9.17, 15) is 9.00 Å². The van der Waals surface area contributed by atoms with Crippen molar-refractivity contribution in [1.29, 1.82) is 0 Å². The Labute approximate surface area is 73.1 Å². The minimum Gasteiger partial charge on any atom is -0.313 e. The third-order valence-electron chi connectivity index (χ3n) is 1.60. The van der Waals surface area contributed by atoms with Gasteiger partial charge in [0.05, 0.1) is 0 Å². The van der Waals surface area contributed by atoms with Gasteiger partial charge in [-0.2, -0.15) is 0 Å². The third-order valence-corrected chi connectivity index (χ3v) is 2.89. The zero-order valence-electron chi connectivity index (χ0n) is 6.95. The highest BCUT2D eigenvalue weighted by atomic mass is 32.2. The van der Waals surface area contributed by atoms with Gasteiger partial charge in [-0.15, -0.1) is 0 Å². The van der Waals surface area contributed by atoms with E-state index in [-0.39, 0.29) is 5.69 Å². The van der Waals surface area contributed by atoms with Gasteiger partial charge < -0.3 is 4.98 Å². The lowest BCUT2D eigenvalue weighted by atomic mass is 10.7. The topological polar surface area (TPSA) is 54.9 Å². The third kappa shape index (κ3) is 2.34. The summed E-state index contributed by atoms with van der Waals surface area (Å²) in [4.78, 5) is 13.4. The Morgan fingerprint density at radius 1 is 1.67 bits per heavy atom. The highest BCUT2D eigenvalue weighted by molar-refractivity contribution is 7.84. The van der Waals surface area contributed by atoms with Gasteiger partial charge in [0.15, 0.2) is 0 Å². The molecule has 0 aliphatic heterocycles. The Kier molecular flexibility index (Phi) is 3.28. The molecule has 1 heterocycles. The van der Waals surface area contributed by atoms with Crippen LogP contribution < -0.4 is 5.69 Å². The lowest BCUT2D eigenvalue weighted by molar-refractivity contribution is 0.670. The molecule has 0 radical (unpaired) electrons. The molecule has 1 atom stereocenters. The number of H-pyrrole nitrogens is 1. The zero-order valence-corrected chi connectivity index (χ0v) is 7.76. The average Bonchev–Trinajstić information content (AvgIpc) is 2.47. The van der Waals surface area contributed by atoms with Gasteiger partial charge in [-0.05, 0) is 0 Å². The van der Waals surface area contributed by atoms with Crippen molar-refractivity contribution in [2.24, 2.45) is 0 Å². The van der Waals surface area contributed by atoms with Crippen LogP contribution in [0.15, 0.2) is 17.2 Å². The molecule has 0 amide bonds. The number of hydrogen-bond donors (Lipinski definition) is 1. The van der Waals surface area contributed by atoms with E-state index in [1.54, 1.807) is 12.4 Å². The number of hydrogen-bond acceptors (Lipinski definition) is 2. The Morgan fingerprint density at radius 2 is 2.42 bits per heavy atom. The van der Waals surface area contributed by atoms with Gasteiger partial charge in [-0.1, -0.05) is 6.92 Å². The predicted octanol–water partition coefficient (Wildman–Crippen LogP) is -0.0550. The summed E-state index contributed by atoms with van der Waals surface area (Å²) < 4.78 is 12.5. The molecular formula is C7H12N2O2S. The van der Waals surface area contributed by atoms with Gasteiger partial charge in [-0.3, -0.25) is 8.78 Å². The van der Waals surface area contributed by atoms with Gasteiger partial charge in [0.25, 0.3) is 0 Å². The lowest BCUT2D eigenvalue weighted by Crippen LogP contribution is -2.19. The summed E-state index contributed by atoms with van der Waals surface area (Å²) in [5, 5.41) is 0. The Hall–Kier alpha value is -0.840. The molecule has 1 aromatic heterocycles. The zero-order chi connectivity index (χ0) is 8.97. The Morgan fingerprint density at radius 3 is 2.92 bits per heavy atom. The maximum absolute atomic E-state index is 11.0. The van der Waals surface area contributed by atoms with E-state index < -0.39 is 10.8 Å². The normalized spacial score (nSPS) is 13.1. The first-order valence-corrected chi connectivity index (χ1v) is 5.31. The van der Waals surface area contributed by atoms with Gasteiger partial charge in [0.2, 0.25) is 0 Å². The maximum Gasteiger partial charge on any atom is 0.325 e. The molecule has 1 unspecified atom stereocenters. The van der Waals surface area contributed by atoms with Crippen molar-refractivity contribution in [3.8, 4) is 0 Å². The molecule has 0 saturated heterocycles. The van der Waals surface area contributed by atoms with Crippen molar-refractivity contribution in [2.75, 3.05) is 11.5 Å². The lowest BCUT2D eigenvalue weighted by Gasteiger charge is -1.98. The average molecular weight is 188 g/mol. The molecule has 5 heteroatoms. The smallest absolute Gasteiger partial charge is 0.313 e. The summed E-state index contributed by atoms with van der Waals surface area (Å²) in [7, 11) is -0.793. The molecule has 4 nitrogen and oxygen atoms in total. The monoisotopic (exact) mass is 188 g/mol. The van der Waals surface area contributed by atoms with Gasteiger partial charge in [0, 0.05) is 41.2 Å². The molecule has 0 bridgehead atoms. The van der Waals surface area contributed by atoms with Crippen LogP contribution in [-0.2, 0) is 17.3 Å². The van der Waals surface area contributed by atoms with E-state index in [1.807, 2.05) is 6.92 Å². The number of imidazole rings is 1. The molecule has 12 heavy (non-hydrogen) atoms. The standard InChI is InChI=1S/C7H12N2O2S/c1-2-12(11)6-5-9-4-3-8-7(9)10/h3-4H,2,5-6H2,1H3,(H,8,10). The van der Waals surface area contributed by atoms with E-state index in [1.165, 1.54) is 4.57 Å². The van der Waals surface area contributed by atoms with E-state index in [2.05, 4.69) is 4.98 Å². The number of rotatable bonds is 4. The number of aromatic amines is 1. The molecule has 0 aliphatic carbocycles. The molecule has 1 N–H and O–H groups in total. The molecule has 0 aliphatic rings. The summed E-state index contributed by atoms with van der Waals surface area (Å²) in [5.41, 5.74) is -0.136. The fourth-order valence-electron chi connectivity index (χ4n) is 0.870. The second-order valence-corrected chi connectivity index (χ2v) is 4.26.